The van der Waals surface area contributed by atoms with E-state index in [1.165, 1.54) is 0 Å². The average Bonchev–Trinajstić information content (AvgIpc) is 2.36. The number of methoxy groups -OCH3 is 1. The molecule has 1 unspecified atom stereocenters. The zero-order valence-electron chi connectivity index (χ0n) is 10.8. The predicted octanol–water partition coefficient (Wildman–Crippen LogP) is 0.816. The fraction of sp³-hybridized carbons (Fsp3) is 0.500. The minimum atomic E-state index is -0.543. The highest BCUT2D eigenvalue weighted by Crippen LogP contribution is 2.09. The number of anilines is 2. The molecular formula is C12H20N4O2. The molecule has 6 heteroatoms. The maximum absolute atomic E-state index is 11.3. The van der Waals surface area contributed by atoms with E-state index in [9.17, 15) is 4.79 Å². The van der Waals surface area contributed by atoms with Gasteiger partial charge in [-0.3, -0.25) is 4.79 Å². The minimum Gasteiger partial charge on any atom is -0.385 e. The molecule has 1 heterocycles. The Labute approximate surface area is 107 Å². The standard InChI is InChI=1S/C12H20N4O2/c1-9(13)12(17)16-11-5-4-10(8-15-11)14-6-3-7-18-2/h4-5,8-9,14H,3,6-7,13H2,1-2H3,(H,15,16,17). The Morgan fingerprint density at radius 3 is 2.89 bits per heavy atom. The second kappa shape index (κ2) is 7.62. The van der Waals surface area contributed by atoms with Crippen molar-refractivity contribution in [1.29, 1.82) is 0 Å². The van der Waals surface area contributed by atoms with Gasteiger partial charge in [0, 0.05) is 20.3 Å². The molecule has 0 radical (unpaired) electrons. The van der Waals surface area contributed by atoms with Crippen molar-refractivity contribution in [3.05, 3.63) is 18.3 Å². The number of hydrogen-bond donors (Lipinski definition) is 3. The summed E-state index contributed by atoms with van der Waals surface area (Å²) in [4.78, 5) is 15.5. The number of nitrogens with one attached hydrogen (secondary N) is 2. The van der Waals surface area contributed by atoms with Gasteiger partial charge in [-0.05, 0) is 25.5 Å². The molecule has 1 aromatic heterocycles. The normalized spacial score (nSPS) is 11.9. The number of amides is 1. The van der Waals surface area contributed by atoms with Gasteiger partial charge in [0.25, 0.3) is 0 Å². The van der Waals surface area contributed by atoms with E-state index in [1.54, 1.807) is 26.3 Å². The van der Waals surface area contributed by atoms with Gasteiger partial charge in [-0.2, -0.15) is 0 Å². The second-order valence-electron chi connectivity index (χ2n) is 3.98. The first kappa shape index (κ1) is 14.4. The van der Waals surface area contributed by atoms with Gasteiger partial charge >= 0.3 is 0 Å². The monoisotopic (exact) mass is 252 g/mol. The van der Waals surface area contributed by atoms with E-state index in [-0.39, 0.29) is 5.91 Å². The van der Waals surface area contributed by atoms with Gasteiger partial charge in [0.2, 0.25) is 5.91 Å². The van der Waals surface area contributed by atoms with Crippen LogP contribution in [0.5, 0.6) is 0 Å². The molecule has 4 N–H and O–H groups in total. The van der Waals surface area contributed by atoms with E-state index >= 15 is 0 Å². The molecule has 100 valence electrons. The van der Waals surface area contributed by atoms with Gasteiger partial charge in [0.1, 0.15) is 5.82 Å². The van der Waals surface area contributed by atoms with E-state index in [1.807, 2.05) is 6.07 Å². The van der Waals surface area contributed by atoms with Crippen molar-refractivity contribution in [2.75, 3.05) is 30.9 Å². The lowest BCUT2D eigenvalue weighted by atomic mass is 10.3. The van der Waals surface area contributed by atoms with Crippen molar-refractivity contribution < 1.29 is 9.53 Å². The molecule has 0 bridgehead atoms. The van der Waals surface area contributed by atoms with Crippen molar-refractivity contribution in [2.24, 2.45) is 5.73 Å². The van der Waals surface area contributed by atoms with Crippen LogP contribution >= 0.6 is 0 Å². The highest BCUT2D eigenvalue weighted by Gasteiger charge is 2.07. The van der Waals surface area contributed by atoms with Gasteiger partial charge in [0.15, 0.2) is 0 Å². The molecule has 0 aromatic carbocycles. The summed E-state index contributed by atoms with van der Waals surface area (Å²) in [5.41, 5.74) is 6.35. The average molecular weight is 252 g/mol. The molecule has 0 saturated carbocycles. The Morgan fingerprint density at radius 2 is 2.33 bits per heavy atom. The molecule has 1 rings (SSSR count). The summed E-state index contributed by atoms with van der Waals surface area (Å²) < 4.78 is 4.95. The topological polar surface area (TPSA) is 89.3 Å². The van der Waals surface area contributed by atoms with Crippen molar-refractivity contribution in [1.82, 2.24) is 4.98 Å². The maximum atomic E-state index is 11.3. The molecule has 0 aliphatic carbocycles. The Bertz CT molecular complexity index is 365. The largest absolute Gasteiger partial charge is 0.385 e. The van der Waals surface area contributed by atoms with Crippen LogP contribution in [0.3, 0.4) is 0 Å². The number of aromatic nitrogens is 1. The van der Waals surface area contributed by atoms with Crippen LogP contribution in [0.4, 0.5) is 11.5 Å². The summed E-state index contributed by atoms with van der Waals surface area (Å²) in [6.07, 6.45) is 2.60. The summed E-state index contributed by atoms with van der Waals surface area (Å²) in [6, 6.07) is 3.05. The zero-order valence-corrected chi connectivity index (χ0v) is 10.8. The molecule has 0 fully saturated rings. The highest BCUT2D eigenvalue weighted by molar-refractivity contribution is 5.93. The van der Waals surface area contributed by atoms with Crippen LogP contribution in [0.25, 0.3) is 0 Å². The number of nitrogens with two attached hydrogens (primary N) is 1. The van der Waals surface area contributed by atoms with Crippen molar-refractivity contribution >= 4 is 17.4 Å². The summed E-state index contributed by atoms with van der Waals surface area (Å²) >= 11 is 0. The lowest BCUT2D eigenvalue weighted by molar-refractivity contribution is -0.117. The SMILES string of the molecule is COCCCNc1ccc(NC(=O)C(C)N)nc1. The summed E-state index contributed by atoms with van der Waals surface area (Å²) in [6.45, 7) is 3.17. The smallest absolute Gasteiger partial charge is 0.242 e. The van der Waals surface area contributed by atoms with Gasteiger partial charge in [-0.25, -0.2) is 4.98 Å². The predicted molar refractivity (Wildman–Crippen MR) is 71.5 cm³/mol. The second-order valence-corrected chi connectivity index (χ2v) is 3.98. The van der Waals surface area contributed by atoms with Gasteiger partial charge < -0.3 is 21.1 Å². The summed E-state index contributed by atoms with van der Waals surface area (Å²) in [5.74, 6) is 0.253. The van der Waals surface area contributed by atoms with Gasteiger partial charge in [0.05, 0.1) is 17.9 Å². The molecule has 1 atom stereocenters. The number of carbonyl (C=O) groups is 1. The van der Waals surface area contributed by atoms with Crippen LogP contribution in [-0.2, 0) is 9.53 Å². The van der Waals surface area contributed by atoms with E-state index in [0.717, 1.165) is 25.3 Å². The number of carbonyl (C=O) groups excluding carboxylic acids is 1. The molecule has 1 amide bonds. The Kier molecular flexibility index (Phi) is 6.10. The first-order chi connectivity index (χ1) is 8.63. The number of hydrogen-bond acceptors (Lipinski definition) is 5. The van der Waals surface area contributed by atoms with Crippen LogP contribution in [0.2, 0.25) is 0 Å². The fourth-order valence-corrected chi connectivity index (χ4v) is 1.26. The number of nitrogens with zero attached hydrogens (tertiary/aromatic N) is 1. The molecule has 0 saturated heterocycles. The van der Waals surface area contributed by atoms with E-state index in [4.69, 9.17) is 10.5 Å². The third-order valence-electron chi connectivity index (χ3n) is 2.28. The lowest BCUT2D eigenvalue weighted by Crippen LogP contribution is -2.32. The van der Waals surface area contributed by atoms with Crippen LogP contribution in [-0.4, -0.2) is 37.2 Å². The Hall–Kier alpha value is -1.66. The third kappa shape index (κ3) is 5.11. The van der Waals surface area contributed by atoms with Crippen LogP contribution in [0.1, 0.15) is 13.3 Å². The fourth-order valence-electron chi connectivity index (χ4n) is 1.26. The number of ether oxygens (including phenoxy) is 1. The summed E-state index contributed by atoms with van der Waals surface area (Å²) in [5, 5.41) is 5.82. The quantitative estimate of drug-likeness (QED) is 0.625. The van der Waals surface area contributed by atoms with E-state index < -0.39 is 6.04 Å². The van der Waals surface area contributed by atoms with Crippen LogP contribution < -0.4 is 16.4 Å². The van der Waals surface area contributed by atoms with Gasteiger partial charge in [-0.15, -0.1) is 0 Å². The third-order valence-corrected chi connectivity index (χ3v) is 2.28. The first-order valence-electron chi connectivity index (χ1n) is 5.89. The van der Waals surface area contributed by atoms with Crippen molar-refractivity contribution in [3.8, 4) is 0 Å². The number of rotatable bonds is 7. The molecule has 0 aliphatic heterocycles. The molecule has 0 aliphatic rings. The van der Waals surface area contributed by atoms with Crippen molar-refractivity contribution in [3.63, 3.8) is 0 Å². The number of pyridine rings is 1. The van der Waals surface area contributed by atoms with Crippen LogP contribution in [0.15, 0.2) is 18.3 Å². The van der Waals surface area contributed by atoms with E-state index in [2.05, 4.69) is 15.6 Å². The first-order valence-corrected chi connectivity index (χ1v) is 5.89. The molecule has 0 spiro atoms. The van der Waals surface area contributed by atoms with E-state index in [0.29, 0.717) is 5.82 Å². The lowest BCUT2D eigenvalue weighted by Gasteiger charge is -2.08. The highest BCUT2D eigenvalue weighted by atomic mass is 16.5. The minimum absolute atomic E-state index is 0.247. The van der Waals surface area contributed by atoms with Crippen molar-refractivity contribution in [2.45, 2.75) is 19.4 Å². The van der Waals surface area contributed by atoms with Crippen LogP contribution in [0, 0.1) is 0 Å². The summed E-state index contributed by atoms with van der Waals surface area (Å²) in [7, 11) is 1.68. The molecule has 1 aromatic rings. The molecule has 18 heavy (non-hydrogen) atoms. The molecule has 6 nitrogen and oxygen atoms in total. The van der Waals surface area contributed by atoms with Gasteiger partial charge in [-0.1, -0.05) is 0 Å². The maximum Gasteiger partial charge on any atom is 0.242 e. The Balaban J connectivity index is 2.40. The molecular weight excluding hydrogens is 232 g/mol. The zero-order chi connectivity index (χ0) is 13.4. The Morgan fingerprint density at radius 1 is 1.56 bits per heavy atom.